The zero-order valence-electron chi connectivity index (χ0n) is 35.4. The summed E-state index contributed by atoms with van der Waals surface area (Å²) in [7, 11) is -6.33. The van der Waals surface area contributed by atoms with E-state index >= 15 is 0 Å². The molecule has 15 unspecified atom stereocenters. The van der Waals surface area contributed by atoms with Crippen LogP contribution >= 0.6 is 15.6 Å². The summed E-state index contributed by atoms with van der Waals surface area (Å²) in [5.41, 5.74) is 7.83. The number of hydrogen-bond donors (Lipinski definition) is 8. The number of amides is 2. The smallest absolute Gasteiger partial charge is 0.394 e. The van der Waals surface area contributed by atoms with E-state index in [2.05, 4.69) is 16.1 Å². The summed E-state index contributed by atoms with van der Waals surface area (Å²) < 4.78 is 67.7. The molecule has 62 heavy (non-hydrogen) atoms. The van der Waals surface area contributed by atoms with Gasteiger partial charge in [-0.3, -0.25) is 33.1 Å². The molecule has 2 aliphatic carbocycles. The number of carbonyl (C=O) groups is 2. The Bertz CT molecular complexity index is 1890. The van der Waals surface area contributed by atoms with Gasteiger partial charge in [0.1, 0.15) is 36.6 Å². The summed E-state index contributed by atoms with van der Waals surface area (Å²) in [6, 6.07) is 6.46. The molecule has 21 nitrogen and oxygen atoms in total. The number of ether oxygens (including phenoxy) is 4. The third kappa shape index (κ3) is 11.8. The number of hydrogen-bond acceptors (Lipinski definition) is 17. The highest BCUT2D eigenvalue weighted by atomic mass is 31.2. The maximum Gasteiger partial charge on any atom is 0.472 e. The van der Waals surface area contributed by atoms with Crippen molar-refractivity contribution in [2.75, 3.05) is 53.8 Å². The number of rotatable bonds is 22. The molecule has 5 aliphatic rings. The van der Waals surface area contributed by atoms with Gasteiger partial charge in [0.25, 0.3) is 0 Å². The molecule has 2 saturated heterocycles. The van der Waals surface area contributed by atoms with Gasteiger partial charge in [0.05, 0.1) is 63.4 Å². The van der Waals surface area contributed by atoms with E-state index < -0.39 is 89.6 Å². The molecule has 8 N–H and O–H groups in total. The second-order valence-corrected chi connectivity index (χ2v) is 19.3. The van der Waals surface area contributed by atoms with Gasteiger partial charge < -0.3 is 54.7 Å². The Morgan fingerprint density at radius 3 is 2.24 bits per heavy atom. The van der Waals surface area contributed by atoms with Gasteiger partial charge in [-0.05, 0) is 68.1 Å². The van der Waals surface area contributed by atoms with E-state index in [-0.39, 0.29) is 68.8 Å². The van der Waals surface area contributed by atoms with Crippen molar-refractivity contribution in [3.63, 3.8) is 0 Å². The van der Waals surface area contributed by atoms with Crippen molar-refractivity contribution < 1.29 is 80.9 Å². The van der Waals surface area contributed by atoms with Crippen molar-refractivity contribution in [2.24, 2.45) is 28.8 Å². The molecule has 1 aromatic rings. The largest absolute Gasteiger partial charge is 0.472 e. The van der Waals surface area contributed by atoms with Crippen LogP contribution in [0.1, 0.15) is 51.2 Å². The fraction of sp³-hybridized carbons (Fsp3) is 0.718. The second-order valence-electron chi connectivity index (χ2n) is 16.5. The highest BCUT2D eigenvalue weighted by Crippen LogP contribution is 2.58. The molecule has 2 saturated carbocycles. The lowest BCUT2D eigenvalue weighted by Gasteiger charge is -2.35. The molecule has 0 aromatic heterocycles. The standard InChI is InChI=1S/C39H60N4O17P2/c1-20-33-28-14-25(13-26(28)16-55-61(49,50)57-19-30-38(54-5)36(47)21(2)59-30)34(33)35(43-42-20)24-8-6-23(7-9-24)12-32(46)40-11-10-31(45)41-27(15-44)17-56-62(51,52)60-39-29(18-53-4)58-22(3)37(39)48/h6-9,21-22,25-30,34,36-39,42,44,47-48H,10-19H2,1-5H3,(H,40,46)(H,41,45)(H,49,50)(H,51,52). The number of benzene rings is 1. The number of aliphatic hydroxyl groups excluding tert-OH is 3. The highest BCUT2D eigenvalue weighted by Gasteiger charge is 2.53. The second kappa shape index (κ2) is 21.1. The molecule has 0 radical (unpaired) electrons. The maximum absolute atomic E-state index is 12.8. The van der Waals surface area contributed by atoms with Crippen molar-refractivity contribution in [2.45, 2.75) is 101 Å². The number of carbonyl (C=O) groups excluding carboxylic acids is 2. The lowest BCUT2D eigenvalue weighted by atomic mass is 9.73. The lowest BCUT2D eigenvalue weighted by molar-refractivity contribution is -0.123. The van der Waals surface area contributed by atoms with Crippen molar-refractivity contribution in [3.8, 4) is 0 Å². The molecule has 3 aliphatic heterocycles. The molecular formula is C39H60N4O17P2. The van der Waals surface area contributed by atoms with Crippen LogP contribution in [0.3, 0.4) is 0 Å². The molecule has 23 heteroatoms. The number of aliphatic hydroxyl groups is 3. The average molecular weight is 919 g/mol. The zero-order valence-corrected chi connectivity index (χ0v) is 37.2. The van der Waals surface area contributed by atoms with Crippen LogP contribution in [0.2, 0.25) is 0 Å². The molecule has 2 bridgehead atoms. The Hall–Kier alpha value is -2.69. The molecule has 2 amide bonds. The summed E-state index contributed by atoms with van der Waals surface area (Å²) in [4.78, 5) is 46.0. The number of nitrogens with zero attached hydrogens (tertiary/aromatic N) is 1. The lowest BCUT2D eigenvalue weighted by Crippen LogP contribution is -2.42. The van der Waals surface area contributed by atoms with Crippen LogP contribution < -0.4 is 16.1 Å². The van der Waals surface area contributed by atoms with Crippen molar-refractivity contribution >= 4 is 33.2 Å². The summed E-state index contributed by atoms with van der Waals surface area (Å²) in [5, 5.41) is 40.1. The Kier molecular flexibility index (Phi) is 16.6. The SMILES string of the molecule is COCC1OC(C)C(O)C1OP(=O)(O)OCC(CO)NC(=O)CCNC(=O)Cc1ccc(C2=NNC(C)=C3C4CC(CC4COP(=O)(O)OCC4OC(C)C(O)C4OC)C23)cc1. The molecule has 0 spiro atoms. The first kappa shape index (κ1) is 48.8. The molecule has 348 valence electrons. The van der Waals surface area contributed by atoms with E-state index in [4.69, 9.17) is 42.1 Å². The third-order valence-electron chi connectivity index (χ3n) is 12.2. The molecule has 6 rings (SSSR count). The monoisotopic (exact) mass is 918 g/mol. The van der Waals surface area contributed by atoms with E-state index in [1.165, 1.54) is 19.8 Å². The van der Waals surface area contributed by atoms with Gasteiger partial charge >= 0.3 is 15.6 Å². The summed E-state index contributed by atoms with van der Waals surface area (Å²) in [6.07, 6.45) is -5.13. The predicted octanol–water partition coefficient (Wildman–Crippen LogP) is 0.660. The van der Waals surface area contributed by atoms with E-state index in [1.807, 2.05) is 31.2 Å². The van der Waals surface area contributed by atoms with Crippen LogP contribution in [0, 0.1) is 23.7 Å². The van der Waals surface area contributed by atoms with E-state index in [0.717, 1.165) is 35.4 Å². The van der Waals surface area contributed by atoms with Crippen molar-refractivity contribution in [3.05, 3.63) is 46.7 Å². The first-order valence-electron chi connectivity index (χ1n) is 20.7. The number of hydrazone groups is 1. The number of nitrogens with one attached hydrogen (secondary N) is 3. The van der Waals surface area contributed by atoms with E-state index in [9.17, 15) is 43.8 Å². The first-order valence-corrected chi connectivity index (χ1v) is 23.7. The minimum Gasteiger partial charge on any atom is -0.394 e. The molecule has 15 atom stereocenters. The fourth-order valence-electron chi connectivity index (χ4n) is 9.15. The van der Waals surface area contributed by atoms with E-state index in [0.29, 0.717) is 0 Å². The van der Waals surface area contributed by atoms with Gasteiger partial charge in [-0.25, -0.2) is 9.13 Å². The Balaban J connectivity index is 0.915. The molecule has 3 heterocycles. The Labute approximate surface area is 360 Å². The Morgan fingerprint density at radius 1 is 0.919 bits per heavy atom. The van der Waals surface area contributed by atoms with Gasteiger partial charge in [-0.1, -0.05) is 24.3 Å². The van der Waals surface area contributed by atoms with Gasteiger partial charge in [0.2, 0.25) is 11.8 Å². The quantitative estimate of drug-likeness (QED) is 0.0742. The zero-order chi connectivity index (χ0) is 44.9. The van der Waals surface area contributed by atoms with Crippen molar-refractivity contribution in [1.82, 2.24) is 16.1 Å². The number of phosphoric ester groups is 2. The van der Waals surface area contributed by atoms with Crippen LogP contribution in [-0.2, 0) is 62.2 Å². The average Bonchev–Trinajstić information content (AvgIpc) is 3.96. The minimum absolute atomic E-state index is 0.000153. The van der Waals surface area contributed by atoms with Gasteiger partial charge in [0, 0.05) is 38.8 Å². The Morgan fingerprint density at radius 2 is 1.58 bits per heavy atom. The van der Waals surface area contributed by atoms with Crippen LogP contribution in [-0.4, -0.2) is 151 Å². The van der Waals surface area contributed by atoms with Crippen LogP contribution in [0.25, 0.3) is 0 Å². The number of phosphoric acid groups is 2. The summed E-state index contributed by atoms with van der Waals surface area (Å²) in [5.74, 6) is -0.440. The summed E-state index contributed by atoms with van der Waals surface area (Å²) >= 11 is 0. The predicted molar refractivity (Wildman–Crippen MR) is 218 cm³/mol. The van der Waals surface area contributed by atoms with Gasteiger partial charge in [-0.15, -0.1) is 0 Å². The highest BCUT2D eigenvalue weighted by molar-refractivity contribution is 7.47. The fourth-order valence-corrected chi connectivity index (χ4v) is 10.9. The number of allylic oxidation sites excluding steroid dienone is 2. The molecular weight excluding hydrogens is 858 g/mol. The molecule has 4 fully saturated rings. The minimum atomic E-state index is -4.74. The van der Waals surface area contributed by atoms with E-state index in [1.54, 1.807) is 13.8 Å². The number of fused-ring (bicyclic) bond motifs is 5. The molecule has 1 aromatic carbocycles. The normalized spacial score (nSPS) is 33.9. The topological polar surface area (TPSA) is 292 Å². The van der Waals surface area contributed by atoms with Gasteiger partial charge in [0.15, 0.2) is 0 Å². The van der Waals surface area contributed by atoms with Gasteiger partial charge in [-0.2, -0.15) is 5.10 Å². The third-order valence-corrected chi connectivity index (χ3v) is 14.1. The summed E-state index contributed by atoms with van der Waals surface area (Å²) in [6.45, 7) is 3.80. The van der Waals surface area contributed by atoms with Crippen LogP contribution in [0.4, 0.5) is 0 Å². The van der Waals surface area contributed by atoms with Crippen LogP contribution in [0.5, 0.6) is 0 Å². The maximum atomic E-state index is 12.8. The first-order chi connectivity index (χ1) is 29.4. The number of methoxy groups -OCH3 is 2. The van der Waals surface area contributed by atoms with Crippen molar-refractivity contribution in [1.29, 1.82) is 0 Å². The van der Waals surface area contributed by atoms with Crippen LogP contribution in [0.15, 0.2) is 40.6 Å².